The molecule has 0 fully saturated rings. The monoisotopic (exact) mass is 997 g/mol. The molecule has 0 aliphatic heterocycles. The van der Waals surface area contributed by atoms with Gasteiger partial charge in [0, 0.05) is 51.6 Å². The first-order valence-electron chi connectivity index (χ1n) is 26.1. The van der Waals surface area contributed by atoms with Crippen LogP contribution in [0.5, 0.6) is 0 Å². The Kier molecular flexibility index (Phi) is 11.7. The van der Waals surface area contributed by atoms with Gasteiger partial charge in [-0.1, -0.05) is 188 Å². The van der Waals surface area contributed by atoms with Crippen molar-refractivity contribution in [1.82, 2.24) is 34.1 Å². The number of hydrogen-bond donors (Lipinski definition) is 0. The minimum absolute atomic E-state index is 0.638. The van der Waals surface area contributed by atoms with Gasteiger partial charge in [0.05, 0.1) is 33.5 Å². The third-order valence-corrected chi connectivity index (χ3v) is 14.5. The first-order chi connectivity index (χ1) is 38.6. The lowest BCUT2D eigenvalue weighted by molar-refractivity contribution is 1.10. The number of rotatable bonds is 11. The molecule has 0 atom stereocenters. The summed E-state index contributed by atoms with van der Waals surface area (Å²) < 4.78 is 4.49. The molecule has 0 spiro atoms. The van der Waals surface area contributed by atoms with E-state index in [0.29, 0.717) is 5.82 Å². The third-order valence-electron chi connectivity index (χ3n) is 14.5. The van der Waals surface area contributed by atoms with Crippen molar-refractivity contribution in [1.29, 1.82) is 0 Å². The van der Waals surface area contributed by atoms with Crippen molar-refractivity contribution in [2.24, 2.45) is 0 Å². The molecule has 10 aromatic carbocycles. The fourth-order valence-corrected chi connectivity index (χ4v) is 10.5. The van der Waals surface area contributed by atoms with Crippen LogP contribution < -0.4 is 0 Å². The molecule has 0 amide bonds. The highest BCUT2D eigenvalue weighted by molar-refractivity contribution is 5.87. The molecule has 4 heterocycles. The smallest absolute Gasteiger partial charge is 0.160 e. The predicted octanol–water partition coefficient (Wildman–Crippen LogP) is 17.6. The summed E-state index contributed by atoms with van der Waals surface area (Å²) in [6.45, 7) is 0. The summed E-state index contributed by atoms with van der Waals surface area (Å²) in [5, 5.41) is 0. The van der Waals surface area contributed by atoms with Gasteiger partial charge >= 0.3 is 0 Å². The number of imidazole rings is 2. The number of para-hydroxylation sites is 6. The lowest BCUT2D eigenvalue weighted by atomic mass is 9.93. The average molecular weight is 998 g/mol. The van der Waals surface area contributed by atoms with E-state index in [1.165, 1.54) is 0 Å². The minimum atomic E-state index is 0.638. The van der Waals surface area contributed by atoms with Crippen molar-refractivity contribution in [3.63, 3.8) is 0 Å². The molecule has 366 valence electrons. The van der Waals surface area contributed by atoms with Crippen molar-refractivity contribution in [3.8, 4) is 113 Å². The third kappa shape index (κ3) is 8.81. The number of pyridine rings is 1. The molecule has 0 unspecified atom stereocenters. The van der Waals surface area contributed by atoms with Gasteiger partial charge in [0.15, 0.2) is 5.82 Å². The van der Waals surface area contributed by atoms with Crippen molar-refractivity contribution < 1.29 is 0 Å². The zero-order valence-corrected chi connectivity index (χ0v) is 42.3. The maximum Gasteiger partial charge on any atom is 0.160 e. The normalized spacial score (nSPS) is 11.3. The van der Waals surface area contributed by atoms with Crippen LogP contribution in [0.25, 0.3) is 135 Å². The molecule has 0 bridgehead atoms. The van der Waals surface area contributed by atoms with Crippen LogP contribution in [0.2, 0.25) is 0 Å². The molecular weight excluding hydrogens is 951 g/mol. The van der Waals surface area contributed by atoms with Crippen LogP contribution in [0.15, 0.2) is 285 Å². The highest BCUT2D eigenvalue weighted by atomic mass is 15.1. The Balaban J connectivity index is 0.913. The molecule has 0 saturated heterocycles. The van der Waals surface area contributed by atoms with Crippen LogP contribution >= 0.6 is 0 Å². The van der Waals surface area contributed by atoms with E-state index < -0.39 is 0 Å². The van der Waals surface area contributed by atoms with Gasteiger partial charge < -0.3 is 0 Å². The standard InChI is InChI=1S/C71H47N7/c1-4-14-48(15-5-1)49-24-32-54(33-25-49)65-47-66(74-69(73-65)55-34-26-50(27-35-55)53-40-42-72-43-41-53)60-45-58(51-28-36-56(37-29-51)70-75-63-20-10-12-22-67(63)77(70)61-16-6-2-7-17-61)44-59(46-60)52-30-38-57(39-31-52)71-76-64-21-11-13-23-68(64)78(71)62-18-8-3-9-19-62/h1-47H. The summed E-state index contributed by atoms with van der Waals surface area (Å²) >= 11 is 0. The Labute approximate surface area is 451 Å². The number of nitrogens with zero attached hydrogens (tertiary/aromatic N) is 7. The summed E-state index contributed by atoms with van der Waals surface area (Å²) in [7, 11) is 0. The Morgan fingerprint density at radius 1 is 0.231 bits per heavy atom. The Bertz CT molecular complexity index is 4140. The van der Waals surface area contributed by atoms with Gasteiger partial charge in [0.2, 0.25) is 0 Å². The molecule has 0 N–H and O–H groups in total. The quantitative estimate of drug-likeness (QED) is 0.129. The van der Waals surface area contributed by atoms with E-state index >= 15 is 0 Å². The van der Waals surface area contributed by atoms with E-state index in [-0.39, 0.29) is 0 Å². The summed E-state index contributed by atoms with van der Waals surface area (Å²) in [6.07, 6.45) is 3.64. The molecule has 78 heavy (non-hydrogen) atoms. The molecule has 0 aliphatic rings. The molecule has 14 aromatic rings. The van der Waals surface area contributed by atoms with Gasteiger partial charge in [-0.25, -0.2) is 19.9 Å². The van der Waals surface area contributed by atoms with E-state index in [1.54, 1.807) is 0 Å². The van der Waals surface area contributed by atoms with Gasteiger partial charge in [-0.15, -0.1) is 0 Å². The molecular formula is C71H47N7. The summed E-state index contributed by atoms with van der Waals surface area (Å²) in [5.74, 6) is 2.41. The van der Waals surface area contributed by atoms with Crippen molar-refractivity contribution in [2.45, 2.75) is 0 Å². The van der Waals surface area contributed by atoms with Crippen LogP contribution in [0.3, 0.4) is 0 Å². The van der Waals surface area contributed by atoms with Crippen LogP contribution in [0, 0.1) is 0 Å². The van der Waals surface area contributed by atoms with Crippen LogP contribution in [-0.4, -0.2) is 34.1 Å². The minimum Gasteiger partial charge on any atom is -0.292 e. The van der Waals surface area contributed by atoms with Crippen molar-refractivity contribution in [2.75, 3.05) is 0 Å². The Morgan fingerprint density at radius 3 is 1.06 bits per heavy atom. The van der Waals surface area contributed by atoms with Crippen molar-refractivity contribution >= 4 is 22.1 Å². The average Bonchev–Trinajstić information content (AvgIpc) is 4.19. The van der Waals surface area contributed by atoms with Crippen LogP contribution in [0.4, 0.5) is 0 Å². The topological polar surface area (TPSA) is 74.3 Å². The Morgan fingerprint density at radius 2 is 0.577 bits per heavy atom. The number of fused-ring (bicyclic) bond motifs is 2. The van der Waals surface area contributed by atoms with E-state index in [1.807, 2.05) is 54.9 Å². The zero-order valence-electron chi connectivity index (χ0n) is 42.3. The van der Waals surface area contributed by atoms with Crippen LogP contribution in [-0.2, 0) is 0 Å². The molecule has 0 radical (unpaired) electrons. The van der Waals surface area contributed by atoms with E-state index in [9.17, 15) is 0 Å². The van der Waals surface area contributed by atoms with Gasteiger partial charge in [-0.05, 0) is 129 Å². The molecule has 7 heteroatoms. The van der Waals surface area contributed by atoms with E-state index in [2.05, 4.69) is 245 Å². The highest BCUT2D eigenvalue weighted by Crippen LogP contribution is 2.38. The zero-order chi connectivity index (χ0) is 51.8. The summed E-state index contributed by atoms with van der Waals surface area (Å²) in [6, 6.07) is 95.7. The number of benzene rings is 10. The SMILES string of the molecule is c1ccc(-c2ccc(-c3cc(-c4cc(-c5ccc(-c6nc7ccccc7n6-c6ccccc6)cc5)cc(-c5ccc(-c6nc7ccccc7n6-c6ccccc6)cc5)c4)nc(-c4ccc(-c5ccncc5)cc4)n3)cc2)cc1. The van der Waals surface area contributed by atoms with Gasteiger partial charge in [0.25, 0.3) is 0 Å². The number of hydrogen-bond acceptors (Lipinski definition) is 5. The first-order valence-corrected chi connectivity index (χ1v) is 26.1. The number of aromatic nitrogens is 7. The molecule has 14 rings (SSSR count). The van der Waals surface area contributed by atoms with Crippen LogP contribution in [0.1, 0.15) is 0 Å². The van der Waals surface area contributed by atoms with E-state index in [0.717, 1.165) is 129 Å². The molecule has 0 aliphatic carbocycles. The first kappa shape index (κ1) is 45.9. The van der Waals surface area contributed by atoms with E-state index in [4.69, 9.17) is 19.9 Å². The maximum atomic E-state index is 5.42. The second-order valence-electron chi connectivity index (χ2n) is 19.4. The fraction of sp³-hybridized carbons (Fsp3) is 0. The van der Waals surface area contributed by atoms with Gasteiger partial charge in [0.1, 0.15) is 11.6 Å². The largest absolute Gasteiger partial charge is 0.292 e. The van der Waals surface area contributed by atoms with Crippen molar-refractivity contribution in [3.05, 3.63) is 285 Å². The second-order valence-corrected chi connectivity index (χ2v) is 19.4. The molecule has 4 aromatic heterocycles. The highest BCUT2D eigenvalue weighted by Gasteiger charge is 2.19. The lowest BCUT2D eigenvalue weighted by Gasteiger charge is -2.14. The summed E-state index contributed by atoms with van der Waals surface area (Å²) in [4.78, 5) is 25.3. The Hall–Kier alpha value is -10.6. The fourth-order valence-electron chi connectivity index (χ4n) is 10.5. The second kappa shape index (κ2) is 19.9. The molecule has 7 nitrogen and oxygen atoms in total. The predicted molar refractivity (Wildman–Crippen MR) is 318 cm³/mol. The van der Waals surface area contributed by atoms with Gasteiger partial charge in [-0.2, -0.15) is 0 Å². The molecule has 0 saturated carbocycles. The summed E-state index contributed by atoms with van der Waals surface area (Å²) in [5.41, 5.74) is 21.4. The lowest BCUT2D eigenvalue weighted by Crippen LogP contribution is -1.98. The maximum absolute atomic E-state index is 5.42. The van der Waals surface area contributed by atoms with Gasteiger partial charge in [-0.3, -0.25) is 14.1 Å².